The Labute approximate surface area is 98.1 Å². The number of rotatable bonds is 1. The van der Waals surface area contributed by atoms with Gasteiger partial charge in [-0.05, 0) is 33.6 Å². The summed E-state index contributed by atoms with van der Waals surface area (Å²) in [5.74, 6) is 0. The van der Waals surface area contributed by atoms with E-state index >= 15 is 0 Å². The molecule has 0 spiro atoms. The molecule has 1 aliphatic carbocycles. The third-order valence-electron chi connectivity index (χ3n) is 2.96. The van der Waals surface area contributed by atoms with Crippen LogP contribution in [-0.4, -0.2) is 35.7 Å². The number of nitrogens with two attached hydrogens (primary N) is 1. The Kier molecular flexibility index (Phi) is 4.19. The van der Waals surface area contributed by atoms with Crippen LogP contribution in [0, 0.1) is 0 Å². The molecule has 0 radical (unpaired) electrons. The molecule has 94 valence electrons. The van der Waals surface area contributed by atoms with E-state index in [1.807, 2.05) is 20.8 Å². The molecular formula is C12H24N2O2. The minimum atomic E-state index is -0.440. The maximum absolute atomic E-state index is 11.9. The lowest BCUT2D eigenvalue weighted by Crippen LogP contribution is -2.51. The highest BCUT2D eigenvalue weighted by molar-refractivity contribution is 5.68. The number of hydrogen-bond donors (Lipinski definition) is 1. The van der Waals surface area contributed by atoms with E-state index in [9.17, 15) is 4.79 Å². The normalized spacial score (nSPS) is 26.3. The van der Waals surface area contributed by atoms with Crippen LogP contribution in [0.5, 0.6) is 0 Å². The molecule has 0 unspecified atom stereocenters. The van der Waals surface area contributed by atoms with E-state index in [1.165, 1.54) is 6.42 Å². The SMILES string of the molecule is CN(C(=O)OC(C)(C)C)[C@H]1CCCC[C@@H]1N. The molecule has 0 aliphatic heterocycles. The molecule has 1 saturated carbocycles. The molecule has 1 rings (SSSR count). The first kappa shape index (κ1) is 13.3. The van der Waals surface area contributed by atoms with Crippen LogP contribution in [-0.2, 0) is 4.74 Å². The molecule has 0 aromatic carbocycles. The van der Waals surface area contributed by atoms with Crippen LogP contribution in [0.3, 0.4) is 0 Å². The molecule has 0 bridgehead atoms. The molecule has 1 aliphatic rings. The summed E-state index contributed by atoms with van der Waals surface area (Å²) in [4.78, 5) is 13.5. The Morgan fingerprint density at radius 3 is 2.38 bits per heavy atom. The van der Waals surface area contributed by atoms with Crippen molar-refractivity contribution in [1.82, 2.24) is 4.90 Å². The van der Waals surface area contributed by atoms with Gasteiger partial charge in [-0.1, -0.05) is 12.8 Å². The zero-order valence-corrected chi connectivity index (χ0v) is 10.8. The van der Waals surface area contributed by atoms with E-state index in [2.05, 4.69) is 0 Å². The van der Waals surface area contributed by atoms with E-state index in [0.717, 1.165) is 19.3 Å². The van der Waals surface area contributed by atoms with Crippen LogP contribution in [0.4, 0.5) is 4.79 Å². The van der Waals surface area contributed by atoms with Gasteiger partial charge in [0, 0.05) is 19.1 Å². The second-order valence-corrected chi connectivity index (χ2v) is 5.61. The van der Waals surface area contributed by atoms with Gasteiger partial charge in [-0.25, -0.2) is 4.79 Å². The molecule has 0 aromatic heterocycles. The molecular weight excluding hydrogens is 204 g/mol. The van der Waals surface area contributed by atoms with Gasteiger partial charge in [0.2, 0.25) is 0 Å². The fourth-order valence-electron chi connectivity index (χ4n) is 2.09. The Balaban J connectivity index is 2.55. The summed E-state index contributed by atoms with van der Waals surface area (Å²) in [6.45, 7) is 5.62. The van der Waals surface area contributed by atoms with E-state index < -0.39 is 5.60 Å². The number of amides is 1. The Bertz CT molecular complexity index is 248. The van der Waals surface area contributed by atoms with Crippen LogP contribution in [0.15, 0.2) is 0 Å². The molecule has 2 atom stereocenters. The molecule has 1 fully saturated rings. The maximum atomic E-state index is 11.9. The first-order chi connectivity index (χ1) is 7.31. The predicted octanol–water partition coefficient (Wildman–Crippen LogP) is 2.12. The zero-order valence-electron chi connectivity index (χ0n) is 10.8. The van der Waals surface area contributed by atoms with Gasteiger partial charge in [-0.3, -0.25) is 0 Å². The summed E-state index contributed by atoms with van der Waals surface area (Å²) < 4.78 is 5.33. The average Bonchev–Trinajstić information content (AvgIpc) is 2.15. The van der Waals surface area contributed by atoms with Crippen molar-refractivity contribution in [3.8, 4) is 0 Å². The fraction of sp³-hybridized carbons (Fsp3) is 0.917. The van der Waals surface area contributed by atoms with Crippen LogP contribution in [0.2, 0.25) is 0 Å². The first-order valence-corrected chi connectivity index (χ1v) is 6.02. The summed E-state index contributed by atoms with van der Waals surface area (Å²) in [6, 6.07) is 0.217. The quantitative estimate of drug-likeness (QED) is 0.748. The average molecular weight is 228 g/mol. The van der Waals surface area contributed by atoms with E-state index in [-0.39, 0.29) is 18.2 Å². The summed E-state index contributed by atoms with van der Waals surface area (Å²) in [7, 11) is 1.78. The number of carbonyl (C=O) groups excluding carboxylic acids is 1. The summed E-state index contributed by atoms with van der Waals surface area (Å²) in [5.41, 5.74) is 5.59. The van der Waals surface area contributed by atoms with Gasteiger partial charge in [0.1, 0.15) is 5.60 Å². The molecule has 4 heteroatoms. The van der Waals surface area contributed by atoms with Gasteiger partial charge < -0.3 is 15.4 Å². The molecule has 4 nitrogen and oxygen atoms in total. The van der Waals surface area contributed by atoms with Gasteiger partial charge in [0.25, 0.3) is 0 Å². The van der Waals surface area contributed by atoms with E-state index in [4.69, 9.17) is 10.5 Å². The standard InChI is InChI=1S/C12H24N2O2/c1-12(2,3)16-11(15)14(4)10-8-6-5-7-9(10)13/h9-10H,5-8,13H2,1-4H3/t9-,10-/m0/s1. The molecule has 0 saturated heterocycles. The van der Waals surface area contributed by atoms with E-state index in [0.29, 0.717) is 0 Å². The fourth-order valence-corrected chi connectivity index (χ4v) is 2.09. The lowest BCUT2D eigenvalue weighted by Gasteiger charge is -2.36. The maximum Gasteiger partial charge on any atom is 0.410 e. The molecule has 0 aromatic rings. The van der Waals surface area contributed by atoms with Gasteiger partial charge in [0.15, 0.2) is 0 Å². The second-order valence-electron chi connectivity index (χ2n) is 5.61. The summed E-state index contributed by atoms with van der Waals surface area (Å²) in [6.07, 6.45) is 4.02. The highest BCUT2D eigenvalue weighted by atomic mass is 16.6. The Hall–Kier alpha value is -0.770. The molecule has 16 heavy (non-hydrogen) atoms. The lowest BCUT2D eigenvalue weighted by molar-refractivity contribution is 0.0167. The zero-order chi connectivity index (χ0) is 12.3. The number of hydrogen-bond acceptors (Lipinski definition) is 3. The van der Waals surface area contributed by atoms with Crippen LogP contribution >= 0.6 is 0 Å². The minimum absolute atomic E-state index is 0.0891. The number of likely N-dealkylation sites (N-methyl/N-ethyl adjacent to an activating group) is 1. The van der Waals surface area contributed by atoms with Crippen LogP contribution < -0.4 is 5.73 Å². The number of carbonyl (C=O) groups is 1. The van der Waals surface area contributed by atoms with Crippen molar-refractivity contribution in [1.29, 1.82) is 0 Å². The first-order valence-electron chi connectivity index (χ1n) is 6.02. The van der Waals surface area contributed by atoms with E-state index in [1.54, 1.807) is 11.9 Å². The number of nitrogens with zero attached hydrogens (tertiary/aromatic N) is 1. The largest absolute Gasteiger partial charge is 0.444 e. The topological polar surface area (TPSA) is 55.6 Å². The van der Waals surface area contributed by atoms with Crippen molar-refractivity contribution in [3.63, 3.8) is 0 Å². The summed E-state index contributed by atoms with van der Waals surface area (Å²) in [5, 5.41) is 0. The van der Waals surface area contributed by atoms with Crippen molar-refractivity contribution in [2.75, 3.05) is 7.05 Å². The van der Waals surface area contributed by atoms with Crippen molar-refractivity contribution in [2.45, 2.75) is 64.1 Å². The van der Waals surface area contributed by atoms with Gasteiger partial charge >= 0.3 is 6.09 Å². The molecule has 2 N–H and O–H groups in total. The highest BCUT2D eigenvalue weighted by Crippen LogP contribution is 2.22. The summed E-state index contributed by atoms with van der Waals surface area (Å²) >= 11 is 0. The third-order valence-corrected chi connectivity index (χ3v) is 2.96. The van der Waals surface area contributed by atoms with Gasteiger partial charge in [-0.15, -0.1) is 0 Å². The molecule has 0 heterocycles. The van der Waals surface area contributed by atoms with Crippen molar-refractivity contribution >= 4 is 6.09 Å². The van der Waals surface area contributed by atoms with Crippen LogP contribution in [0.25, 0.3) is 0 Å². The highest BCUT2D eigenvalue weighted by Gasteiger charge is 2.30. The second kappa shape index (κ2) is 5.04. The van der Waals surface area contributed by atoms with Crippen molar-refractivity contribution < 1.29 is 9.53 Å². The van der Waals surface area contributed by atoms with Crippen molar-refractivity contribution in [3.05, 3.63) is 0 Å². The smallest absolute Gasteiger partial charge is 0.410 e. The van der Waals surface area contributed by atoms with Gasteiger partial charge in [0.05, 0.1) is 0 Å². The van der Waals surface area contributed by atoms with Crippen LogP contribution in [0.1, 0.15) is 46.5 Å². The number of ether oxygens (including phenoxy) is 1. The lowest BCUT2D eigenvalue weighted by atomic mass is 9.90. The predicted molar refractivity (Wildman–Crippen MR) is 64.2 cm³/mol. The monoisotopic (exact) mass is 228 g/mol. The Morgan fingerprint density at radius 1 is 1.31 bits per heavy atom. The molecule has 1 amide bonds. The van der Waals surface area contributed by atoms with Gasteiger partial charge in [-0.2, -0.15) is 0 Å². The third kappa shape index (κ3) is 3.67. The minimum Gasteiger partial charge on any atom is -0.444 e. The Morgan fingerprint density at radius 2 is 1.88 bits per heavy atom. The van der Waals surface area contributed by atoms with Crippen molar-refractivity contribution in [2.24, 2.45) is 5.73 Å².